The van der Waals surface area contributed by atoms with E-state index in [0.29, 0.717) is 11.2 Å². The van der Waals surface area contributed by atoms with E-state index in [1.807, 2.05) is 25.1 Å². The van der Waals surface area contributed by atoms with Gasteiger partial charge in [-0.05, 0) is 43.1 Å². The highest BCUT2D eigenvalue weighted by molar-refractivity contribution is 7.80. The fourth-order valence-electron chi connectivity index (χ4n) is 2.51. The lowest BCUT2D eigenvalue weighted by atomic mass is 9.96. The second-order valence-corrected chi connectivity index (χ2v) is 5.89. The molecule has 112 valence electrons. The fourth-order valence-corrected chi connectivity index (χ4v) is 2.73. The maximum atomic E-state index is 5.26. The van der Waals surface area contributed by atoms with Crippen LogP contribution in [0.1, 0.15) is 44.6 Å². The van der Waals surface area contributed by atoms with Crippen LogP contribution in [0.15, 0.2) is 41.0 Å². The van der Waals surface area contributed by atoms with Gasteiger partial charge in [-0.3, -0.25) is 5.43 Å². The summed E-state index contributed by atoms with van der Waals surface area (Å²) < 4.78 is 0. The van der Waals surface area contributed by atoms with Crippen LogP contribution in [-0.2, 0) is 0 Å². The molecule has 0 saturated heterocycles. The minimum Gasteiger partial charge on any atom is -0.359 e. The van der Waals surface area contributed by atoms with Crippen molar-refractivity contribution < 1.29 is 0 Å². The minimum absolute atomic E-state index is 0.509. The lowest BCUT2D eigenvalue weighted by molar-refractivity contribution is 0.412. The van der Waals surface area contributed by atoms with Crippen LogP contribution in [0.2, 0.25) is 0 Å². The molecule has 1 aromatic rings. The zero-order valence-corrected chi connectivity index (χ0v) is 13.3. The number of rotatable bonds is 4. The normalized spacial score (nSPS) is 16.9. The van der Waals surface area contributed by atoms with Crippen molar-refractivity contribution in [2.45, 2.75) is 45.1 Å². The number of hydrogen-bond acceptors (Lipinski definition) is 2. The SMILES string of the molecule is CC(/C=N\NC(=S)NC1CCCCC1)=C\c1ccccc1. The van der Waals surface area contributed by atoms with E-state index in [2.05, 4.69) is 34.1 Å². The Morgan fingerprint density at radius 1 is 1.19 bits per heavy atom. The molecule has 0 unspecified atom stereocenters. The summed E-state index contributed by atoms with van der Waals surface area (Å²) in [6.07, 6.45) is 10.2. The number of hydrogen-bond donors (Lipinski definition) is 2. The summed E-state index contributed by atoms with van der Waals surface area (Å²) in [5.74, 6) is 0. The van der Waals surface area contributed by atoms with Crippen LogP contribution < -0.4 is 10.7 Å². The summed E-state index contributed by atoms with van der Waals surface area (Å²) in [7, 11) is 0. The molecule has 21 heavy (non-hydrogen) atoms. The zero-order valence-electron chi connectivity index (χ0n) is 12.5. The maximum absolute atomic E-state index is 5.26. The standard InChI is InChI=1S/C17H23N3S/c1-14(12-15-8-4-2-5-9-15)13-18-20-17(21)19-16-10-6-3-7-11-16/h2,4-5,8-9,12-13,16H,3,6-7,10-11H2,1H3,(H2,19,20,21)/b14-12+,18-13-. The smallest absolute Gasteiger partial charge is 0.187 e. The predicted molar refractivity (Wildman–Crippen MR) is 94.3 cm³/mol. The second kappa shape index (κ2) is 8.57. The molecule has 1 aliphatic rings. The first-order valence-electron chi connectivity index (χ1n) is 7.57. The lowest BCUT2D eigenvalue weighted by Gasteiger charge is -2.23. The third kappa shape index (κ3) is 6.08. The van der Waals surface area contributed by atoms with Crippen LogP contribution in [0, 0.1) is 0 Å². The Bertz CT molecular complexity index is 502. The van der Waals surface area contributed by atoms with Gasteiger partial charge >= 0.3 is 0 Å². The minimum atomic E-state index is 0.509. The Morgan fingerprint density at radius 2 is 1.90 bits per heavy atom. The van der Waals surface area contributed by atoms with Crippen molar-refractivity contribution in [3.05, 3.63) is 41.5 Å². The third-order valence-electron chi connectivity index (χ3n) is 3.57. The number of hydrazone groups is 1. The van der Waals surface area contributed by atoms with E-state index in [-0.39, 0.29) is 0 Å². The predicted octanol–water partition coefficient (Wildman–Crippen LogP) is 3.87. The van der Waals surface area contributed by atoms with Gasteiger partial charge in [-0.25, -0.2) is 0 Å². The van der Waals surface area contributed by atoms with Crippen LogP contribution in [0.4, 0.5) is 0 Å². The molecule has 0 heterocycles. The topological polar surface area (TPSA) is 36.4 Å². The molecule has 0 radical (unpaired) electrons. The van der Waals surface area contributed by atoms with Crippen LogP contribution >= 0.6 is 12.2 Å². The van der Waals surface area contributed by atoms with Gasteiger partial charge < -0.3 is 5.32 Å². The van der Waals surface area contributed by atoms with E-state index < -0.39 is 0 Å². The summed E-state index contributed by atoms with van der Waals surface area (Å²) in [6, 6.07) is 10.7. The van der Waals surface area contributed by atoms with Crippen molar-refractivity contribution in [2.75, 3.05) is 0 Å². The Kier molecular flexibility index (Phi) is 6.41. The van der Waals surface area contributed by atoms with Gasteiger partial charge in [0.05, 0.1) is 6.21 Å². The van der Waals surface area contributed by atoms with Crippen molar-refractivity contribution in [3.8, 4) is 0 Å². The molecule has 1 aromatic carbocycles. The Balaban J connectivity index is 1.76. The van der Waals surface area contributed by atoms with E-state index in [4.69, 9.17) is 12.2 Å². The Hall–Kier alpha value is -1.68. The largest absolute Gasteiger partial charge is 0.359 e. The van der Waals surface area contributed by atoms with Crippen LogP contribution in [0.5, 0.6) is 0 Å². The summed E-state index contributed by atoms with van der Waals surface area (Å²) >= 11 is 5.26. The monoisotopic (exact) mass is 301 g/mol. The molecule has 1 saturated carbocycles. The average Bonchev–Trinajstić information content (AvgIpc) is 2.49. The van der Waals surface area contributed by atoms with E-state index in [1.54, 1.807) is 6.21 Å². The molecule has 3 nitrogen and oxygen atoms in total. The number of benzene rings is 1. The summed E-state index contributed by atoms with van der Waals surface area (Å²) in [4.78, 5) is 0. The summed E-state index contributed by atoms with van der Waals surface area (Å²) in [5, 5.41) is 8.13. The van der Waals surface area contributed by atoms with E-state index >= 15 is 0 Å². The van der Waals surface area contributed by atoms with Crippen LogP contribution in [0.25, 0.3) is 6.08 Å². The summed E-state index contributed by atoms with van der Waals surface area (Å²) in [6.45, 7) is 2.02. The molecule has 2 N–H and O–H groups in total. The summed E-state index contributed by atoms with van der Waals surface area (Å²) in [5.41, 5.74) is 5.14. The van der Waals surface area contributed by atoms with Gasteiger partial charge in [0, 0.05) is 6.04 Å². The first-order valence-corrected chi connectivity index (χ1v) is 7.98. The molecule has 0 spiro atoms. The first-order chi connectivity index (χ1) is 10.2. The molecule has 1 fully saturated rings. The number of thiocarbonyl (C=S) groups is 1. The molecule has 0 aliphatic heterocycles. The molecular formula is C17H23N3S. The van der Waals surface area contributed by atoms with Crippen LogP contribution in [-0.4, -0.2) is 17.4 Å². The van der Waals surface area contributed by atoms with Gasteiger partial charge in [-0.2, -0.15) is 5.10 Å². The quantitative estimate of drug-likeness (QED) is 0.503. The molecule has 0 aromatic heterocycles. The molecule has 4 heteroatoms. The Morgan fingerprint density at radius 3 is 2.62 bits per heavy atom. The van der Waals surface area contributed by atoms with Gasteiger partial charge in [0.15, 0.2) is 5.11 Å². The first kappa shape index (κ1) is 15.7. The van der Waals surface area contributed by atoms with Gasteiger partial charge in [0.25, 0.3) is 0 Å². The molecular weight excluding hydrogens is 278 g/mol. The molecule has 0 atom stereocenters. The van der Waals surface area contributed by atoms with E-state index in [0.717, 1.165) is 5.57 Å². The van der Waals surface area contributed by atoms with E-state index in [1.165, 1.54) is 37.7 Å². The van der Waals surface area contributed by atoms with Crippen molar-refractivity contribution >= 4 is 29.6 Å². The van der Waals surface area contributed by atoms with Crippen molar-refractivity contribution in [3.63, 3.8) is 0 Å². The second-order valence-electron chi connectivity index (χ2n) is 5.48. The molecule has 0 bridgehead atoms. The van der Waals surface area contributed by atoms with E-state index in [9.17, 15) is 0 Å². The van der Waals surface area contributed by atoms with Gasteiger partial charge in [0.2, 0.25) is 0 Å². The van der Waals surface area contributed by atoms with Gasteiger partial charge in [-0.15, -0.1) is 0 Å². The Labute approximate surface area is 132 Å². The third-order valence-corrected chi connectivity index (χ3v) is 3.78. The highest BCUT2D eigenvalue weighted by Crippen LogP contribution is 2.17. The van der Waals surface area contributed by atoms with Crippen molar-refractivity contribution in [2.24, 2.45) is 5.10 Å². The molecule has 0 amide bonds. The molecule has 2 rings (SSSR count). The van der Waals surface area contributed by atoms with Gasteiger partial charge in [-0.1, -0.05) is 55.7 Å². The average molecular weight is 301 g/mol. The van der Waals surface area contributed by atoms with Crippen LogP contribution in [0.3, 0.4) is 0 Å². The maximum Gasteiger partial charge on any atom is 0.187 e. The van der Waals surface area contributed by atoms with Gasteiger partial charge in [0.1, 0.15) is 0 Å². The fraction of sp³-hybridized carbons (Fsp3) is 0.412. The lowest BCUT2D eigenvalue weighted by Crippen LogP contribution is -2.40. The number of allylic oxidation sites excluding steroid dienone is 1. The highest BCUT2D eigenvalue weighted by Gasteiger charge is 2.13. The van der Waals surface area contributed by atoms with Crippen molar-refractivity contribution in [1.82, 2.24) is 10.7 Å². The zero-order chi connectivity index (χ0) is 14.9. The highest BCUT2D eigenvalue weighted by atomic mass is 32.1. The molecule has 1 aliphatic carbocycles. The van der Waals surface area contributed by atoms with Crippen molar-refractivity contribution in [1.29, 1.82) is 0 Å². The number of nitrogens with one attached hydrogen (secondary N) is 2. The number of nitrogens with zero attached hydrogens (tertiary/aromatic N) is 1.